The summed E-state index contributed by atoms with van der Waals surface area (Å²) in [5.41, 5.74) is 6.00. The number of nitrogens with one attached hydrogen (secondary N) is 2. The SMILES string of the molecule is N#C[C@@H]1C(=O)Nc2nc(N)[nH]c(=O)c2[C@@H]1c1ccccc1. The average Bonchev–Trinajstić information content (AvgIpc) is 2.46. The minimum atomic E-state index is -0.994. The highest BCUT2D eigenvalue weighted by atomic mass is 16.2. The second kappa shape index (κ2) is 4.76. The summed E-state index contributed by atoms with van der Waals surface area (Å²) in [5.74, 6) is -2.12. The predicted octanol–water partition coefficient (Wildman–Crippen LogP) is 0.576. The molecule has 0 radical (unpaired) electrons. The van der Waals surface area contributed by atoms with Crippen LogP contribution in [0.15, 0.2) is 35.1 Å². The Morgan fingerprint density at radius 3 is 2.62 bits per heavy atom. The fourth-order valence-corrected chi connectivity index (χ4v) is 2.55. The van der Waals surface area contributed by atoms with Crippen molar-refractivity contribution in [3.8, 4) is 6.07 Å². The number of rotatable bonds is 1. The first kappa shape index (κ1) is 12.9. The third-order valence-corrected chi connectivity index (χ3v) is 3.44. The number of nitrogen functional groups attached to an aromatic ring is 1. The van der Waals surface area contributed by atoms with Gasteiger partial charge in [0.1, 0.15) is 11.7 Å². The fourth-order valence-electron chi connectivity index (χ4n) is 2.55. The first-order valence-corrected chi connectivity index (χ1v) is 6.27. The lowest BCUT2D eigenvalue weighted by molar-refractivity contribution is -0.119. The summed E-state index contributed by atoms with van der Waals surface area (Å²) >= 11 is 0. The van der Waals surface area contributed by atoms with Gasteiger partial charge < -0.3 is 11.1 Å². The maximum absolute atomic E-state index is 12.2. The molecule has 2 aromatic rings. The quantitative estimate of drug-likeness (QED) is 0.705. The van der Waals surface area contributed by atoms with Crippen molar-refractivity contribution in [2.75, 3.05) is 11.1 Å². The van der Waals surface area contributed by atoms with Crippen LogP contribution < -0.4 is 16.6 Å². The van der Waals surface area contributed by atoms with Gasteiger partial charge in [-0.25, -0.2) is 0 Å². The largest absolute Gasteiger partial charge is 0.369 e. The van der Waals surface area contributed by atoms with Crippen LogP contribution in [0.1, 0.15) is 17.0 Å². The van der Waals surface area contributed by atoms with E-state index in [1.807, 2.05) is 12.1 Å². The van der Waals surface area contributed by atoms with Gasteiger partial charge in [-0.05, 0) is 5.56 Å². The molecule has 2 atom stereocenters. The molecule has 7 heteroatoms. The molecule has 0 bridgehead atoms. The van der Waals surface area contributed by atoms with E-state index in [0.717, 1.165) is 0 Å². The Bertz CT molecular complexity index is 806. The van der Waals surface area contributed by atoms with Gasteiger partial charge >= 0.3 is 0 Å². The Labute approximate surface area is 119 Å². The van der Waals surface area contributed by atoms with Gasteiger partial charge in [0.2, 0.25) is 11.9 Å². The van der Waals surface area contributed by atoms with Crippen molar-refractivity contribution in [3.05, 3.63) is 51.8 Å². The van der Waals surface area contributed by atoms with Gasteiger partial charge in [0.15, 0.2) is 0 Å². The normalized spacial score (nSPS) is 20.2. The van der Waals surface area contributed by atoms with Crippen molar-refractivity contribution in [3.63, 3.8) is 0 Å². The fraction of sp³-hybridized carbons (Fsp3) is 0.143. The number of fused-ring (bicyclic) bond motifs is 1. The van der Waals surface area contributed by atoms with E-state index >= 15 is 0 Å². The van der Waals surface area contributed by atoms with Crippen LogP contribution in [0.3, 0.4) is 0 Å². The Morgan fingerprint density at radius 2 is 1.95 bits per heavy atom. The van der Waals surface area contributed by atoms with Crippen molar-refractivity contribution >= 4 is 17.7 Å². The Morgan fingerprint density at radius 1 is 1.24 bits per heavy atom. The first-order valence-electron chi connectivity index (χ1n) is 6.27. The molecule has 0 saturated heterocycles. The number of nitriles is 1. The van der Waals surface area contributed by atoms with E-state index in [-0.39, 0.29) is 17.3 Å². The number of carbonyl (C=O) groups is 1. The van der Waals surface area contributed by atoms with E-state index in [1.165, 1.54) is 0 Å². The van der Waals surface area contributed by atoms with Crippen LogP contribution in [0.4, 0.5) is 11.8 Å². The Kier molecular flexibility index (Phi) is 2.92. The zero-order chi connectivity index (χ0) is 15.0. The van der Waals surface area contributed by atoms with E-state index in [1.54, 1.807) is 24.3 Å². The third-order valence-electron chi connectivity index (χ3n) is 3.44. The molecule has 4 N–H and O–H groups in total. The lowest BCUT2D eigenvalue weighted by atomic mass is 9.79. The maximum Gasteiger partial charge on any atom is 0.258 e. The number of anilines is 2. The molecule has 1 aromatic heterocycles. The highest BCUT2D eigenvalue weighted by Crippen LogP contribution is 2.37. The van der Waals surface area contributed by atoms with E-state index in [9.17, 15) is 14.9 Å². The molecule has 1 aromatic carbocycles. The molecule has 0 unspecified atom stereocenters. The first-order chi connectivity index (χ1) is 10.1. The molecule has 104 valence electrons. The number of H-pyrrole nitrogens is 1. The lowest BCUT2D eigenvalue weighted by Gasteiger charge is -2.28. The molecule has 1 amide bonds. The number of aromatic nitrogens is 2. The molecule has 7 nitrogen and oxygen atoms in total. The summed E-state index contributed by atoms with van der Waals surface area (Å²) in [4.78, 5) is 30.6. The van der Waals surface area contributed by atoms with Crippen molar-refractivity contribution in [1.29, 1.82) is 5.26 Å². The van der Waals surface area contributed by atoms with Gasteiger partial charge in [-0.15, -0.1) is 0 Å². The summed E-state index contributed by atoms with van der Waals surface area (Å²) in [5, 5.41) is 11.8. The van der Waals surface area contributed by atoms with Crippen LogP contribution >= 0.6 is 0 Å². The highest BCUT2D eigenvalue weighted by Gasteiger charge is 2.39. The van der Waals surface area contributed by atoms with Crippen LogP contribution in [-0.2, 0) is 4.79 Å². The molecule has 1 aliphatic heterocycles. The minimum absolute atomic E-state index is 0.0822. The van der Waals surface area contributed by atoms with Gasteiger partial charge in [-0.2, -0.15) is 10.2 Å². The molecule has 3 rings (SSSR count). The van der Waals surface area contributed by atoms with Crippen LogP contribution in [0.25, 0.3) is 0 Å². The minimum Gasteiger partial charge on any atom is -0.369 e. The maximum atomic E-state index is 12.2. The Hall–Kier alpha value is -3.14. The number of benzene rings is 1. The van der Waals surface area contributed by atoms with Crippen LogP contribution in [0, 0.1) is 17.2 Å². The average molecular weight is 281 g/mol. The Balaban J connectivity index is 2.29. The number of nitrogens with zero attached hydrogens (tertiary/aromatic N) is 2. The standard InChI is InChI=1S/C14H11N5O2/c15-6-8-9(7-4-2-1-3-5-7)10-11(17-12(8)20)18-14(16)19-13(10)21/h1-5,8-9H,(H4,16,17,18,19,20,21)/t8-,9+/m0/s1. The second-order valence-electron chi connectivity index (χ2n) is 4.70. The third kappa shape index (κ3) is 2.03. The van der Waals surface area contributed by atoms with E-state index in [0.29, 0.717) is 5.56 Å². The molecule has 0 aliphatic carbocycles. The summed E-state index contributed by atoms with van der Waals surface area (Å²) in [6, 6.07) is 10.9. The number of hydrogen-bond acceptors (Lipinski definition) is 5. The van der Waals surface area contributed by atoms with E-state index in [2.05, 4.69) is 15.3 Å². The zero-order valence-electron chi connectivity index (χ0n) is 10.8. The molecular formula is C14H11N5O2. The molecule has 1 aliphatic rings. The summed E-state index contributed by atoms with van der Waals surface area (Å²) in [7, 11) is 0. The van der Waals surface area contributed by atoms with Gasteiger partial charge in [0.25, 0.3) is 5.56 Å². The summed E-state index contributed by atoms with van der Waals surface area (Å²) in [6.07, 6.45) is 0. The molecule has 2 heterocycles. The van der Waals surface area contributed by atoms with Crippen molar-refractivity contribution < 1.29 is 4.79 Å². The number of hydrogen-bond donors (Lipinski definition) is 3. The van der Waals surface area contributed by atoms with Gasteiger partial charge in [-0.1, -0.05) is 30.3 Å². The predicted molar refractivity (Wildman–Crippen MR) is 75.3 cm³/mol. The monoisotopic (exact) mass is 281 g/mol. The van der Waals surface area contributed by atoms with Crippen molar-refractivity contribution in [1.82, 2.24) is 9.97 Å². The number of carbonyl (C=O) groups excluding carboxylic acids is 1. The van der Waals surface area contributed by atoms with Crippen molar-refractivity contribution in [2.45, 2.75) is 5.92 Å². The van der Waals surface area contributed by atoms with Crippen LogP contribution in [-0.4, -0.2) is 15.9 Å². The van der Waals surface area contributed by atoms with Crippen molar-refractivity contribution in [2.24, 2.45) is 5.92 Å². The molecular weight excluding hydrogens is 270 g/mol. The zero-order valence-corrected chi connectivity index (χ0v) is 10.8. The molecule has 0 spiro atoms. The van der Waals surface area contributed by atoms with Crippen LogP contribution in [0.2, 0.25) is 0 Å². The van der Waals surface area contributed by atoms with E-state index in [4.69, 9.17) is 5.73 Å². The number of aromatic amines is 1. The lowest BCUT2D eigenvalue weighted by Crippen LogP contribution is -2.38. The molecule has 0 fully saturated rings. The van der Waals surface area contributed by atoms with E-state index < -0.39 is 23.3 Å². The van der Waals surface area contributed by atoms with Crippen LogP contribution in [0.5, 0.6) is 0 Å². The highest BCUT2D eigenvalue weighted by molar-refractivity contribution is 5.97. The molecule has 0 saturated carbocycles. The summed E-state index contributed by atoms with van der Waals surface area (Å²) < 4.78 is 0. The second-order valence-corrected chi connectivity index (χ2v) is 4.70. The summed E-state index contributed by atoms with van der Waals surface area (Å²) in [6.45, 7) is 0. The van der Waals surface area contributed by atoms with Gasteiger partial charge in [0, 0.05) is 5.92 Å². The number of nitrogens with two attached hydrogens (primary N) is 1. The van der Waals surface area contributed by atoms with Gasteiger partial charge in [-0.3, -0.25) is 14.6 Å². The smallest absolute Gasteiger partial charge is 0.258 e. The topological polar surface area (TPSA) is 125 Å². The number of amides is 1. The van der Waals surface area contributed by atoms with Gasteiger partial charge in [0.05, 0.1) is 11.6 Å². The molecule has 21 heavy (non-hydrogen) atoms.